The van der Waals surface area contributed by atoms with Gasteiger partial charge in [-0.25, -0.2) is 0 Å². The summed E-state index contributed by atoms with van der Waals surface area (Å²) in [4.78, 5) is 14.0. The number of aliphatic hydroxyl groups is 9. The summed E-state index contributed by atoms with van der Waals surface area (Å²) in [5, 5.41) is 124. The van der Waals surface area contributed by atoms with E-state index >= 15 is 0 Å². The Hall–Kier alpha value is -3.87. The smallest absolute Gasteiger partial charge is 0.239 e. The minimum Gasteiger partial charge on any atom is -0.507 e. The number of hydrogen-bond donors (Lipinski definition) is 12. The molecule has 0 aliphatic carbocycles. The van der Waals surface area contributed by atoms with Gasteiger partial charge in [0.25, 0.3) is 0 Å². The molecule has 20 nitrogen and oxygen atoms in total. The van der Waals surface area contributed by atoms with Gasteiger partial charge in [0.15, 0.2) is 23.5 Å². The van der Waals surface area contributed by atoms with Gasteiger partial charge in [0, 0.05) is 17.7 Å². The largest absolute Gasteiger partial charge is 0.507 e. The number of phenols is 3. The normalized spacial score (nSPS) is 37.8. The quantitative estimate of drug-likeness (QED) is 0.101. The summed E-state index contributed by atoms with van der Waals surface area (Å²) in [7, 11) is 0. The van der Waals surface area contributed by atoms with Crippen LogP contribution in [0.3, 0.4) is 0 Å². The van der Waals surface area contributed by atoms with E-state index in [-0.39, 0.29) is 16.9 Å². The summed E-state index contributed by atoms with van der Waals surface area (Å²) in [5.41, 5.74) is -1.55. The maximum atomic E-state index is 14.0. The summed E-state index contributed by atoms with van der Waals surface area (Å²) in [5.74, 6) is -3.42. The number of ether oxygens (including phenoxy) is 6. The highest BCUT2D eigenvalue weighted by atomic mass is 16.7. The Morgan fingerprint density at radius 2 is 1.17 bits per heavy atom. The number of fused-ring (bicyclic) bond motifs is 1. The van der Waals surface area contributed by atoms with Crippen molar-refractivity contribution >= 4 is 11.0 Å². The van der Waals surface area contributed by atoms with Crippen LogP contribution in [0, 0.1) is 0 Å². The van der Waals surface area contributed by atoms with E-state index in [1.807, 2.05) is 0 Å². The number of hydrogen-bond acceptors (Lipinski definition) is 20. The lowest BCUT2D eigenvalue weighted by Gasteiger charge is -2.42. The number of rotatable bonds is 8. The van der Waals surface area contributed by atoms with E-state index in [9.17, 15) is 66.1 Å². The number of aromatic hydroxyl groups is 3. The Morgan fingerprint density at radius 1 is 0.604 bits per heavy atom. The van der Waals surface area contributed by atoms with Crippen LogP contribution in [0.2, 0.25) is 0 Å². The van der Waals surface area contributed by atoms with E-state index in [4.69, 9.17) is 32.8 Å². The molecule has 0 bridgehead atoms. The Labute approximate surface area is 298 Å². The molecular formula is C33H40O20. The molecule has 20 heteroatoms. The van der Waals surface area contributed by atoms with E-state index in [1.165, 1.54) is 19.9 Å². The molecule has 53 heavy (non-hydrogen) atoms. The fraction of sp³-hybridized carbons (Fsp3) is 0.545. The molecule has 1 aromatic heterocycles. The van der Waals surface area contributed by atoms with Gasteiger partial charge in [0.05, 0.1) is 18.8 Å². The second-order valence-corrected chi connectivity index (χ2v) is 13.1. The molecule has 2 aromatic carbocycles. The molecule has 0 radical (unpaired) electrons. The van der Waals surface area contributed by atoms with Crippen LogP contribution in [0.25, 0.3) is 22.3 Å². The SMILES string of the molecule is C[C@@H]1O[C@@H](OC[C@H]2O[C@@H](Oc3c(-c4ccc(O)c(O)c4)oc4cc(O[C@@H]5O[C@@H](C)[C@H](O)[C@@H](O)[C@H]5O)cc(O)c4c3=O)[C@H](O)[C@@H](O)[C@@H]2O)[C@H](O)[C@H](O)[C@H]1O. The van der Waals surface area contributed by atoms with Gasteiger partial charge in [-0.2, -0.15) is 0 Å². The molecule has 0 amide bonds. The van der Waals surface area contributed by atoms with Gasteiger partial charge in [-0.05, 0) is 32.0 Å². The molecule has 3 aromatic rings. The van der Waals surface area contributed by atoms with Crippen LogP contribution in [0.5, 0.6) is 28.7 Å². The van der Waals surface area contributed by atoms with Gasteiger partial charge in [0.1, 0.15) is 83.5 Å². The average Bonchev–Trinajstić information content (AvgIpc) is 3.12. The van der Waals surface area contributed by atoms with Crippen molar-refractivity contribution in [1.29, 1.82) is 0 Å². The average molecular weight is 757 g/mol. The second kappa shape index (κ2) is 15.1. The minimum atomic E-state index is -2.03. The molecule has 15 atom stereocenters. The molecule has 6 rings (SSSR count). The van der Waals surface area contributed by atoms with Gasteiger partial charge in [0.2, 0.25) is 23.8 Å². The third-order valence-electron chi connectivity index (χ3n) is 9.34. The van der Waals surface area contributed by atoms with Crippen molar-refractivity contribution < 1.29 is 94.1 Å². The topological polar surface area (TPSA) is 328 Å². The Morgan fingerprint density at radius 3 is 1.79 bits per heavy atom. The van der Waals surface area contributed by atoms with E-state index in [0.717, 1.165) is 24.3 Å². The van der Waals surface area contributed by atoms with E-state index < -0.39 is 138 Å². The van der Waals surface area contributed by atoms with Crippen molar-refractivity contribution in [2.45, 2.75) is 106 Å². The maximum absolute atomic E-state index is 14.0. The summed E-state index contributed by atoms with van der Waals surface area (Å²) < 4.78 is 39.3. The van der Waals surface area contributed by atoms with Crippen LogP contribution >= 0.6 is 0 Å². The van der Waals surface area contributed by atoms with Gasteiger partial charge >= 0.3 is 0 Å². The summed E-state index contributed by atoms with van der Waals surface area (Å²) in [6, 6.07) is 5.31. The lowest BCUT2D eigenvalue weighted by atomic mass is 9.98. The first-order valence-electron chi connectivity index (χ1n) is 16.4. The first-order valence-corrected chi connectivity index (χ1v) is 16.4. The van der Waals surface area contributed by atoms with Crippen molar-refractivity contribution in [3.05, 3.63) is 40.6 Å². The standard InChI is InChI=1S/C33H40O20/c1-9-19(37)23(41)26(44)31(48-9)47-8-17-21(39)25(43)28(46)33(52-17)53-30-22(40)18-15(36)6-12(50-32-27(45)24(42)20(38)10(2)49-32)7-16(18)51-29(30)11-3-4-13(34)14(35)5-11/h3-7,9-10,17,19-21,23-28,31-39,41-46H,8H2,1-2H3/t9-,10-,17+,19-,20-,21+,23+,24+,25-,26+,27+,28+,31+,32-,33-/m0/s1. The van der Waals surface area contributed by atoms with E-state index in [2.05, 4.69) is 0 Å². The number of aliphatic hydroxyl groups excluding tert-OH is 9. The minimum absolute atomic E-state index is 0.0962. The molecule has 3 fully saturated rings. The maximum Gasteiger partial charge on any atom is 0.239 e. The van der Waals surface area contributed by atoms with Crippen molar-refractivity contribution in [3.8, 4) is 40.1 Å². The van der Waals surface area contributed by atoms with Gasteiger partial charge in [-0.3, -0.25) is 4.79 Å². The molecule has 292 valence electrons. The van der Waals surface area contributed by atoms with Crippen LogP contribution in [-0.4, -0.2) is 160 Å². The molecule has 4 heterocycles. The third kappa shape index (κ3) is 7.34. The molecule has 3 aliphatic heterocycles. The molecular weight excluding hydrogens is 716 g/mol. The first kappa shape index (κ1) is 38.8. The Balaban J connectivity index is 1.34. The lowest BCUT2D eigenvalue weighted by molar-refractivity contribution is -0.318. The van der Waals surface area contributed by atoms with Gasteiger partial charge in [-0.1, -0.05) is 0 Å². The predicted octanol–water partition coefficient (Wildman–Crippen LogP) is -3.19. The molecule has 0 spiro atoms. The predicted molar refractivity (Wildman–Crippen MR) is 172 cm³/mol. The van der Waals surface area contributed by atoms with Crippen molar-refractivity contribution in [2.75, 3.05) is 6.61 Å². The Bertz CT molecular complexity index is 1830. The van der Waals surface area contributed by atoms with Gasteiger partial charge < -0.3 is 94.1 Å². The highest BCUT2D eigenvalue weighted by Gasteiger charge is 2.48. The molecule has 0 saturated carbocycles. The summed E-state index contributed by atoms with van der Waals surface area (Å²) in [6.07, 6.45) is -24.0. The second-order valence-electron chi connectivity index (χ2n) is 13.1. The zero-order valence-electron chi connectivity index (χ0n) is 27.9. The third-order valence-corrected chi connectivity index (χ3v) is 9.34. The van der Waals surface area contributed by atoms with Crippen LogP contribution in [0.1, 0.15) is 13.8 Å². The number of benzene rings is 2. The first-order chi connectivity index (χ1) is 25.0. The molecule has 3 saturated heterocycles. The monoisotopic (exact) mass is 756 g/mol. The lowest BCUT2D eigenvalue weighted by Crippen LogP contribution is -2.61. The van der Waals surface area contributed by atoms with Crippen LogP contribution in [0.4, 0.5) is 0 Å². The van der Waals surface area contributed by atoms with Crippen molar-refractivity contribution in [1.82, 2.24) is 0 Å². The van der Waals surface area contributed by atoms with Crippen molar-refractivity contribution in [2.24, 2.45) is 0 Å². The summed E-state index contributed by atoms with van der Waals surface area (Å²) >= 11 is 0. The fourth-order valence-corrected chi connectivity index (χ4v) is 6.14. The van der Waals surface area contributed by atoms with E-state index in [1.54, 1.807) is 0 Å². The number of phenolic OH excluding ortho intramolecular Hbond substituents is 3. The van der Waals surface area contributed by atoms with Crippen LogP contribution in [0.15, 0.2) is 39.5 Å². The zero-order chi connectivity index (χ0) is 38.6. The molecule has 3 aliphatic rings. The van der Waals surface area contributed by atoms with Crippen LogP contribution in [-0.2, 0) is 18.9 Å². The zero-order valence-corrected chi connectivity index (χ0v) is 27.9. The highest BCUT2D eigenvalue weighted by molar-refractivity contribution is 5.88. The van der Waals surface area contributed by atoms with Gasteiger partial charge in [-0.15, -0.1) is 0 Å². The fourth-order valence-electron chi connectivity index (χ4n) is 6.14. The van der Waals surface area contributed by atoms with Crippen molar-refractivity contribution in [3.63, 3.8) is 0 Å². The summed E-state index contributed by atoms with van der Waals surface area (Å²) in [6.45, 7) is 2.18. The molecule has 12 N–H and O–H groups in total. The Kier molecular flexibility index (Phi) is 11.1. The van der Waals surface area contributed by atoms with Crippen LogP contribution < -0.4 is 14.9 Å². The molecule has 0 unspecified atom stereocenters. The highest BCUT2D eigenvalue weighted by Crippen LogP contribution is 2.40. The van der Waals surface area contributed by atoms with E-state index in [0.29, 0.717) is 0 Å².